The van der Waals surface area contributed by atoms with Crippen LogP contribution in [-0.4, -0.2) is 5.11 Å². The molecule has 0 amide bonds. The molecule has 0 aromatic heterocycles. The van der Waals surface area contributed by atoms with E-state index in [9.17, 15) is 5.11 Å². The van der Waals surface area contributed by atoms with E-state index in [0.717, 1.165) is 21.1 Å². The monoisotopic (exact) mass is 316 g/mol. The number of aryl methyl sites for hydroxylation is 1. The third-order valence-electron chi connectivity index (χ3n) is 2.56. The largest absolute Gasteiger partial charge is 0.388 e. The van der Waals surface area contributed by atoms with Gasteiger partial charge in [-0.25, -0.2) is 0 Å². The first-order valence-corrected chi connectivity index (χ1v) is 6.23. The fourth-order valence-electron chi connectivity index (χ4n) is 1.46. The van der Waals surface area contributed by atoms with E-state index in [-0.39, 0.29) is 0 Å². The maximum atomic E-state index is 10.1. The Hall–Kier alpha value is -0.350. The summed E-state index contributed by atoms with van der Waals surface area (Å²) in [5.41, 5.74) is 3.33. The van der Waals surface area contributed by atoms with E-state index in [2.05, 4.69) is 49.1 Å². The fourth-order valence-corrected chi connectivity index (χ4v) is 2.17. The molecular formula is C13H17IO. The number of hydrogen-bond donors (Lipinski definition) is 1. The van der Waals surface area contributed by atoms with Gasteiger partial charge in [0.05, 0.1) is 6.10 Å². The SMILES string of the molecule is C=C(CC)CC(O)c1cccc(C)c1I. The normalized spacial score (nSPS) is 12.5. The number of aliphatic hydroxyl groups excluding tert-OH is 1. The van der Waals surface area contributed by atoms with Crippen LogP contribution in [0.4, 0.5) is 0 Å². The minimum Gasteiger partial charge on any atom is -0.388 e. The highest BCUT2D eigenvalue weighted by molar-refractivity contribution is 14.1. The highest BCUT2D eigenvalue weighted by Gasteiger charge is 2.12. The summed E-state index contributed by atoms with van der Waals surface area (Å²) in [5.74, 6) is 0. The predicted molar refractivity (Wildman–Crippen MR) is 72.9 cm³/mol. The topological polar surface area (TPSA) is 20.2 Å². The summed E-state index contributed by atoms with van der Waals surface area (Å²) in [6.07, 6.45) is 1.18. The smallest absolute Gasteiger partial charge is 0.0837 e. The van der Waals surface area contributed by atoms with Crippen molar-refractivity contribution in [3.63, 3.8) is 0 Å². The Morgan fingerprint density at radius 1 is 1.53 bits per heavy atom. The summed E-state index contributed by atoms with van der Waals surface area (Å²) in [4.78, 5) is 0. The van der Waals surface area contributed by atoms with E-state index in [0.29, 0.717) is 6.42 Å². The van der Waals surface area contributed by atoms with Gasteiger partial charge >= 0.3 is 0 Å². The molecule has 1 nitrogen and oxygen atoms in total. The average Bonchev–Trinajstić information content (AvgIpc) is 2.21. The lowest BCUT2D eigenvalue weighted by atomic mass is 10.00. The van der Waals surface area contributed by atoms with Crippen LogP contribution in [0.5, 0.6) is 0 Å². The van der Waals surface area contributed by atoms with Crippen LogP contribution >= 0.6 is 22.6 Å². The van der Waals surface area contributed by atoms with E-state index < -0.39 is 6.10 Å². The second-order valence-electron chi connectivity index (χ2n) is 3.80. The van der Waals surface area contributed by atoms with Crippen molar-refractivity contribution in [3.8, 4) is 0 Å². The van der Waals surface area contributed by atoms with Gasteiger partial charge in [0.1, 0.15) is 0 Å². The van der Waals surface area contributed by atoms with E-state index in [1.165, 1.54) is 5.56 Å². The third-order valence-corrected chi connectivity index (χ3v) is 4.04. The Bertz CT molecular complexity index is 358. The molecule has 2 heteroatoms. The third kappa shape index (κ3) is 3.31. The van der Waals surface area contributed by atoms with Crippen LogP contribution in [0.3, 0.4) is 0 Å². The van der Waals surface area contributed by atoms with Crippen LogP contribution in [0.2, 0.25) is 0 Å². The van der Waals surface area contributed by atoms with Gasteiger partial charge in [0, 0.05) is 3.57 Å². The first kappa shape index (κ1) is 12.7. The summed E-state index contributed by atoms with van der Waals surface area (Å²) >= 11 is 2.29. The zero-order chi connectivity index (χ0) is 11.4. The molecule has 0 radical (unpaired) electrons. The molecule has 82 valence electrons. The molecule has 0 spiro atoms. The van der Waals surface area contributed by atoms with Gasteiger partial charge in [-0.1, -0.05) is 37.3 Å². The van der Waals surface area contributed by atoms with Gasteiger partial charge < -0.3 is 5.11 Å². The van der Waals surface area contributed by atoms with Crippen LogP contribution in [0.15, 0.2) is 30.4 Å². The molecule has 1 rings (SSSR count). The molecule has 0 saturated carbocycles. The van der Waals surface area contributed by atoms with Gasteiger partial charge in [-0.3, -0.25) is 0 Å². The van der Waals surface area contributed by atoms with Crippen molar-refractivity contribution in [2.45, 2.75) is 32.8 Å². The Morgan fingerprint density at radius 3 is 2.80 bits per heavy atom. The van der Waals surface area contributed by atoms with E-state index in [1.54, 1.807) is 0 Å². The Labute approximate surface area is 105 Å². The molecule has 0 aliphatic carbocycles. The average molecular weight is 316 g/mol. The Morgan fingerprint density at radius 2 is 2.20 bits per heavy atom. The Balaban J connectivity index is 2.86. The first-order chi connectivity index (χ1) is 7.06. The highest BCUT2D eigenvalue weighted by Crippen LogP contribution is 2.27. The van der Waals surface area contributed by atoms with E-state index in [4.69, 9.17) is 0 Å². The lowest BCUT2D eigenvalue weighted by molar-refractivity contribution is 0.176. The summed E-state index contributed by atoms with van der Waals surface area (Å²) in [6.45, 7) is 8.06. The maximum absolute atomic E-state index is 10.1. The molecule has 1 N–H and O–H groups in total. The van der Waals surface area contributed by atoms with Gasteiger partial charge in [0.15, 0.2) is 0 Å². The summed E-state index contributed by atoms with van der Waals surface area (Å²) in [7, 11) is 0. The summed E-state index contributed by atoms with van der Waals surface area (Å²) in [6, 6.07) is 6.04. The van der Waals surface area contributed by atoms with Crippen molar-refractivity contribution in [1.29, 1.82) is 0 Å². The Kier molecular flexibility index (Phi) is 4.80. The molecule has 0 aliphatic rings. The minimum absolute atomic E-state index is 0.413. The number of rotatable bonds is 4. The molecule has 0 bridgehead atoms. The number of halogens is 1. The number of aliphatic hydroxyl groups is 1. The minimum atomic E-state index is -0.413. The molecule has 1 aromatic carbocycles. The number of hydrogen-bond acceptors (Lipinski definition) is 1. The van der Waals surface area contributed by atoms with Gasteiger partial charge in [-0.15, -0.1) is 0 Å². The molecule has 0 aliphatic heterocycles. The van der Waals surface area contributed by atoms with Gasteiger partial charge in [0.2, 0.25) is 0 Å². The van der Waals surface area contributed by atoms with Crippen molar-refractivity contribution in [1.82, 2.24) is 0 Å². The summed E-state index contributed by atoms with van der Waals surface area (Å²) in [5, 5.41) is 10.1. The lowest BCUT2D eigenvalue weighted by Crippen LogP contribution is -2.02. The van der Waals surface area contributed by atoms with Crippen LogP contribution in [0, 0.1) is 10.5 Å². The second kappa shape index (κ2) is 5.66. The standard InChI is InChI=1S/C13H17IO/c1-4-9(2)8-12(15)11-7-5-6-10(3)13(11)14/h5-7,12,15H,2,4,8H2,1,3H3. The van der Waals surface area contributed by atoms with Crippen LogP contribution in [-0.2, 0) is 0 Å². The van der Waals surface area contributed by atoms with Crippen molar-refractivity contribution >= 4 is 22.6 Å². The van der Waals surface area contributed by atoms with E-state index in [1.807, 2.05) is 12.1 Å². The zero-order valence-electron chi connectivity index (χ0n) is 9.26. The molecular weight excluding hydrogens is 299 g/mol. The summed E-state index contributed by atoms with van der Waals surface area (Å²) < 4.78 is 1.16. The van der Waals surface area contributed by atoms with Crippen molar-refractivity contribution in [2.75, 3.05) is 0 Å². The molecule has 15 heavy (non-hydrogen) atoms. The molecule has 0 heterocycles. The van der Waals surface area contributed by atoms with Crippen LogP contribution in [0.1, 0.15) is 37.0 Å². The van der Waals surface area contributed by atoms with Crippen molar-refractivity contribution in [3.05, 3.63) is 45.0 Å². The van der Waals surface area contributed by atoms with Crippen LogP contribution < -0.4 is 0 Å². The van der Waals surface area contributed by atoms with Gasteiger partial charge in [-0.2, -0.15) is 0 Å². The maximum Gasteiger partial charge on any atom is 0.0837 e. The molecule has 1 atom stereocenters. The lowest BCUT2D eigenvalue weighted by Gasteiger charge is -2.15. The van der Waals surface area contributed by atoms with Crippen molar-refractivity contribution < 1.29 is 5.11 Å². The van der Waals surface area contributed by atoms with Gasteiger partial charge in [0.25, 0.3) is 0 Å². The molecule has 0 fully saturated rings. The first-order valence-electron chi connectivity index (χ1n) is 5.16. The predicted octanol–water partition coefficient (Wildman–Crippen LogP) is 3.99. The zero-order valence-corrected chi connectivity index (χ0v) is 11.4. The second-order valence-corrected chi connectivity index (χ2v) is 4.88. The molecule has 1 unspecified atom stereocenters. The highest BCUT2D eigenvalue weighted by atomic mass is 127. The molecule has 0 saturated heterocycles. The van der Waals surface area contributed by atoms with Gasteiger partial charge in [-0.05, 0) is 53.5 Å². The van der Waals surface area contributed by atoms with E-state index >= 15 is 0 Å². The van der Waals surface area contributed by atoms with Crippen LogP contribution in [0.25, 0.3) is 0 Å². The fraction of sp³-hybridized carbons (Fsp3) is 0.385. The quantitative estimate of drug-likeness (QED) is 0.658. The van der Waals surface area contributed by atoms with Crippen molar-refractivity contribution in [2.24, 2.45) is 0 Å². The molecule has 1 aromatic rings. The number of benzene rings is 1.